The highest BCUT2D eigenvalue weighted by Gasteiger charge is 1.78. The Morgan fingerprint density at radius 1 is 1.42 bits per heavy atom. The number of likely N-dealkylation sites (N-methyl/N-ethyl adjacent to an activating group) is 1. The van der Waals surface area contributed by atoms with Crippen LogP contribution in [-0.4, -0.2) is 38.1 Å². The minimum absolute atomic E-state index is 0. The Bertz CT molecular complexity index is 169. The molecule has 0 unspecified atom stereocenters. The van der Waals surface area contributed by atoms with E-state index in [1.807, 2.05) is 27.1 Å². The maximum atomic E-state index is 3.81. The largest absolute Gasteiger partial charge is 0.306 e. The fraction of sp³-hybridized carbons (Fsp3) is 0.625. The monoisotopic (exact) mass is 189 g/mol. The molecule has 3 nitrogen and oxygen atoms in total. The van der Waals surface area contributed by atoms with E-state index in [0.717, 1.165) is 13.1 Å². The normalized spacial score (nSPS) is 9.33. The molecular weight excluding hydrogens is 174 g/mol. The van der Waals surface area contributed by atoms with Crippen LogP contribution in [0.15, 0.2) is 22.3 Å². The molecule has 0 fully saturated rings. The molecule has 0 heterocycles. The number of rotatable bonds is 4. The summed E-state index contributed by atoms with van der Waals surface area (Å²) in [5, 5.41) is 0. The summed E-state index contributed by atoms with van der Waals surface area (Å²) in [7, 11) is 4.02. The molecule has 12 heavy (non-hydrogen) atoms. The predicted molar refractivity (Wildman–Crippen MR) is 55.3 cm³/mol. The number of aliphatic imine (C=N–C) groups is 2. The molecule has 0 rings (SSSR count). The van der Waals surface area contributed by atoms with Crippen molar-refractivity contribution in [2.24, 2.45) is 9.98 Å². The van der Waals surface area contributed by atoms with E-state index in [-0.39, 0.29) is 12.4 Å². The molecule has 0 spiro atoms. The van der Waals surface area contributed by atoms with Gasteiger partial charge in [0.05, 0.1) is 6.01 Å². The van der Waals surface area contributed by atoms with Gasteiger partial charge in [-0.25, -0.2) is 4.99 Å². The van der Waals surface area contributed by atoms with Gasteiger partial charge < -0.3 is 4.90 Å². The molecular formula is C8H16ClN3. The molecule has 0 aliphatic rings. The second-order valence-corrected chi connectivity index (χ2v) is 2.35. The van der Waals surface area contributed by atoms with Crippen molar-refractivity contribution in [1.29, 1.82) is 0 Å². The zero-order chi connectivity index (χ0) is 8.53. The summed E-state index contributed by atoms with van der Waals surface area (Å²) in [5.74, 6) is 0. The lowest BCUT2D eigenvalue weighted by molar-refractivity contribution is 0.456. The Morgan fingerprint density at radius 3 is 2.58 bits per heavy atom. The van der Waals surface area contributed by atoms with Gasteiger partial charge in [0.2, 0.25) is 0 Å². The molecule has 0 bridgehead atoms. The molecule has 70 valence electrons. The fourth-order valence-electron chi connectivity index (χ4n) is 0.456. The first-order chi connectivity index (χ1) is 5.27. The van der Waals surface area contributed by atoms with Gasteiger partial charge in [0.15, 0.2) is 0 Å². The van der Waals surface area contributed by atoms with Gasteiger partial charge in [0.1, 0.15) is 0 Å². The highest BCUT2D eigenvalue weighted by Crippen LogP contribution is 1.77. The maximum absolute atomic E-state index is 3.81. The van der Waals surface area contributed by atoms with Gasteiger partial charge >= 0.3 is 0 Å². The summed E-state index contributed by atoms with van der Waals surface area (Å²) in [5.41, 5.74) is 0. The zero-order valence-electron chi connectivity index (χ0n) is 7.82. The SMILES string of the molecule is CCN=C=NC=CCN(C)C.Cl. The van der Waals surface area contributed by atoms with E-state index in [9.17, 15) is 0 Å². The first kappa shape index (κ1) is 13.9. The second-order valence-electron chi connectivity index (χ2n) is 2.35. The van der Waals surface area contributed by atoms with Crippen molar-refractivity contribution in [2.45, 2.75) is 6.92 Å². The minimum Gasteiger partial charge on any atom is -0.306 e. The lowest BCUT2D eigenvalue weighted by atomic mass is 10.6. The average molecular weight is 190 g/mol. The van der Waals surface area contributed by atoms with Crippen molar-refractivity contribution in [3.8, 4) is 0 Å². The second kappa shape index (κ2) is 10.4. The molecule has 0 aromatic carbocycles. The third-order valence-electron chi connectivity index (χ3n) is 0.937. The Morgan fingerprint density at radius 2 is 2.08 bits per heavy atom. The van der Waals surface area contributed by atoms with Gasteiger partial charge in [0, 0.05) is 19.3 Å². The van der Waals surface area contributed by atoms with Crippen LogP contribution in [0.5, 0.6) is 0 Å². The summed E-state index contributed by atoms with van der Waals surface area (Å²) < 4.78 is 0. The van der Waals surface area contributed by atoms with Crippen LogP contribution in [-0.2, 0) is 0 Å². The molecule has 0 aliphatic carbocycles. The van der Waals surface area contributed by atoms with Crippen molar-refractivity contribution < 1.29 is 0 Å². The van der Waals surface area contributed by atoms with E-state index in [2.05, 4.69) is 20.9 Å². The quantitative estimate of drug-likeness (QED) is 0.619. The van der Waals surface area contributed by atoms with E-state index in [4.69, 9.17) is 0 Å². The minimum atomic E-state index is 0. The number of hydrogen-bond acceptors (Lipinski definition) is 3. The third kappa shape index (κ3) is 12.1. The van der Waals surface area contributed by atoms with Gasteiger partial charge in [-0.15, -0.1) is 12.4 Å². The van der Waals surface area contributed by atoms with Crippen LogP contribution in [0.1, 0.15) is 6.92 Å². The zero-order valence-corrected chi connectivity index (χ0v) is 8.64. The summed E-state index contributed by atoms with van der Waals surface area (Å²) in [6.45, 7) is 3.59. The van der Waals surface area contributed by atoms with Crippen LogP contribution in [0.3, 0.4) is 0 Å². The molecule has 0 atom stereocenters. The van der Waals surface area contributed by atoms with Crippen LogP contribution in [0, 0.1) is 0 Å². The molecule has 0 N–H and O–H groups in total. The smallest absolute Gasteiger partial charge is 0.0942 e. The maximum Gasteiger partial charge on any atom is 0.0942 e. The average Bonchev–Trinajstić information content (AvgIpc) is 1.96. The van der Waals surface area contributed by atoms with Crippen molar-refractivity contribution in [2.75, 3.05) is 27.2 Å². The summed E-state index contributed by atoms with van der Waals surface area (Å²) in [6.07, 6.45) is 3.66. The van der Waals surface area contributed by atoms with E-state index in [1.54, 1.807) is 6.20 Å². The van der Waals surface area contributed by atoms with Gasteiger partial charge in [-0.05, 0) is 21.0 Å². The molecule has 4 heteroatoms. The third-order valence-corrected chi connectivity index (χ3v) is 0.937. The lowest BCUT2D eigenvalue weighted by Crippen LogP contribution is -2.10. The fourth-order valence-corrected chi connectivity index (χ4v) is 0.456. The van der Waals surface area contributed by atoms with Crippen molar-refractivity contribution >= 4 is 18.4 Å². The van der Waals surface area contributed by atoms with Gasteiger partial charge in [0.25, 0.3) is 0 Å². The molecule has 0 radical (unpaired) electrons. The van der Waals surface area contributed by atoms with Crippen LogP contribution >= 0.6 is 12.4 Å². The first-order valence-corrected chi connectivity index (χ1v) is 3.68. The van der Waals surface area contributed by atoms with Crippen LogP contribution in [0.4, 0.5) is 0 Å². The van der Waals surface area contributed by atoms with E-state index in [1.165, 1.54) is 0 Å². The van der Waals surface area contributed by atoms with Crippen molar-refractivity contribution in [3.05, 3.63) is 12.3 Å². The van der Waals surface area contributed by atoms with E-state index in [0.29, 0.717) is 0 Å². The van der Waals surface area contributed by atoms with E-state index >= 15 is 0 Å². The number of hydrogen-bond donors (Lipinski definition) is 0. The number of nitrogens with zero attached hydrogens (tertiary/aromatic N) is 3. The van der Waals surface area contributed by atoms with Gasteiger partial charge in [-0.3, -0.25) is 0 Å². The van der Waals surface area contributed by atoms with Gasteiger partial charge in [-0.1, -0.05) is 6.08 Å². The Labute approximate surface area is 80.3 Å². The summed E-state index contributed by atoms with van der Waals surface area (Å²) in [6, 6.07) is 2.55. The molecule has 0 saturated heterocycles. The molecule has 0 aliphatic heterocycles. The summed E-state index contributed by atoms with van der Waals surface area (Å²) >= 11 is 0. The number of halogens is 1. The Hall–Kier alpha value is -0.630. The molecule has 0 saturated carbocycles. The standard InChI is InChI=1S/C8H15N3.ClH/c1-4-9-8-10-6-5-7-11(2)3;/h5-6H,4,7H2,1-3H3;1H. The van der Waals surface area contributed by atoms with Gasteiger partial charge in [-0.2, -0.15) is 4.99 Å². The van der Waals surface area contributed by atoms with Crippen LogP contribution in [0.25, 0.3) is 0 Å². The Kier molecular flexibility index (Phi) is 12.0. The van der Waals surface area contributed by atoms with Crippen LogP contribution < -0.4 is 0 Å². The highest BCUT2D eigenvalue weighted by atomic mass is 35.5. The first-order valence-electron chi connectivity index (χ1n) is 3.68. The lowest BCUT2D eigenvalue weighted by Gasteiger charge is -2.01. The molecule has 0 aromatic rings. The molecule has 0 amide bonds. The predicted octanol–water partition coefficient (Wildman–Crippen LogP) is 1.68. The van der Waals surface area contributed by atoms with Crippen LogP contribution in [0.2, 0.25) is 0 Å². The molecule has 0 aromatic heterocycles. The van der Waals surface area contributed by atoms with E-state index < -0.39 is 0 Å². The van der Waals surface area contributed by atoms with Crippen molar-refractivity contribution in [3.63, 3.8) is 0 Å². The summed E-state index contributed by atoms with van der Waals surface area (Å²) in [4.78, 5) is 9.67. The van der Waals surface area contributed by atoms with Crippen molar-refractivity contribution in [1.82, 2.24) is 4.90 Å². The topological polar surface area (TPSA) is 28.0 Å². The Balaban J connectivity index is 0. The highest BCUT2D eigenvalue weighted by molar-refractivity contribution is 5.85.